The molecule has 0 saturated carbocycles. The quantitative estimate of drug-likeness (QED) is 0.820. The summed E-state index contributed by atoms with van der Waals surface area (Å²) in [6.45, 7) is 13.4. The highest BCUT2D eigenvalue weighted by Crippen LogP contribution is 2.32. The first kappa shape index (κ1) is 22.7. The number of rotatable bonds is 3. The van der Waals surface area contributed by atoms with Crippen molar-refractivity contribution < 1.29 is 14.3 Å². The summed E-state index contributed by atoms with van der Waals surface area (Å²) in [7, 11) is 1.60. The normalized spacial score (nSPS) is 19.2. The Hall–Kier alpha value is -2.57. The molecule has 1 aliphatic heterocycles. The number of carbonyl (C=O) groups excluding carboxylic acids is 1. The molecule has 1 fully saturated rings. The standard InChI is InChI=1S/C20H28N4O3.C2H6/c1-13-9-14(23-19(25)27-20(2,3)4)12-24(11-13)16-10-22-18(26-5)17-15(16)7-6-8-21-17;1-2/h6-8,10,13-14H,9,11-12H2,1-5H3,(H,23,25);1-2H3. The summed E-state index contributed by atoms with van der Waals surface area (Å²) in [6, 6.07) is 3.95. The number of nitrogens with zero attached hydrogens (tertiary/aromatic N) is 3. The van der Waals surface area contributed by atoms with Gasteiger partial charge in [-0.3, -0.25) is 4.98 Å². The molecule has 1 saturated heterocycles. The van der Waals surface area contributed by atoms with E-state index < -0.39 is 5.60 Å². The van der Waals surface area contributed by atoms with Gasteiger partial charge in [-0.25, -0.2) is 9.78 Å². The van der Waals surface area contributed by atoms with E-state index in [1.54, 1.807) is 13.3 Å². The summed E-state index contributed by atoms with van der Waals surface area (Å²) in [5, 5.41) is 4.01. The van der Waals surface area contributed by atoms with Gasteiger partial charge in [-0.05, 0) is 45.2 Å². The van der Waals surface area contributed by atoms with Crippen molar-refractivity contribution in [3.63, 3.8) is 0 Å². The van der Waals surface area contributed by atoms with Gasteiger partial charge in [-0.15, -0.1) is 0 Å². The molecule has 1 N–H and O–H groups in total. The van der Waals surface area contributed by atoms with E-state index in [1.807, 2.05) is 52.9 Å². The summed E-state index contributed by atoms with van der Waals surface area (Å²) in [4.78, 5) is 23.3. The summed E-state index contributed by atoms with van der Waals surface area (Å²) in [5.74, 6) is 0.940. The smallest absolute Gasteiger partial charge is 0.407 e. The maximum absolute atomic E-state index is 12.2. The number of anilines is 1. The van der Waals surface area contributed by atoms with Crippen molar-refractivity contribution in [2.24, 2.45) is 5.92 Å². The minimum Gasteiger partial charge on any atom is -0.479 e. The lowest BCUT2D eigenvalue weighted by atomic mass is 9.95. The van der Waals surface area contributed by atoms with Gasteiger partial charge in [0.05, 0.1) is 19.0 Å². The lowest BCUT2D eigenvalue weighted by Gasteiger charge is -2.38. The van der Waals surface area contributed by atoms with Crippen LogP contribution in [0.3, 0.4) is 0 Å². The Kier molecular flexibility index (Phi) is 7.65. The Morgan fingerprint density at radius 3 is 2.62 bits per heavy atom. The summed E-state index contributed by atoms with van der Waals surface area (Å²) in [5.41, 5.74) is 1.24. The number of methoxy groups -OCH3 is 1. The van der Waals surface area contributed by atoms with Crippen LogP contribution in [-0.2, 0) is 4.74 Å². The molecule has 0 spiro atoms. The molecule has 2 unspecified atom stereocenters. The number of piperidine rings is 1. The monoisotopic (exact) mass is 402 g/mol. The number of hydrogen-bond donors (Lipinski definition) is 1. The Morgan fingerprint density at radius 2 is 1.97 bits per heavy atom. The van der Waals surface area contributed by atoms with Gasteiger partial charge < -0.3 is 19.7 Å². The molecule has 2 atom stereocenters. The maximum atomic E-state index is 12.2. The van der Waals surface area contributed by atoms with Crippen LogP contribution in [0.25, 0.3) is 10.9 Å². The number of alkyl carbamates (subject to hydrolysis) is 1. The van der Waals surface area contributed by atoms with Crippen LogP contribution in [0.15, 0.2) is 24.5 Å². The first-order chi connectivity index (χ1) is 13.8. The molecule has 0 aliphatic carbocycles. The maximum Gasteiger partial charge on any atom is 0.407 e. The average molecular weight is 403 g/mol. The molecule has 2 aromatic rings. The number of hydrogen-bond acceptors (Lipinski definition) is 6. The fourth-order valence-electron chi connectivity index (χ4n) is 3.56. The largest absolute Gasteiger partial charge is 0.479 e. The fraction of sp³-hybridized carbons (Fsp3) is 0.591. The van der Waals surface area contributed by atoms with Crippen LogP contribution < -0.4 is 15.0 Å². The van der Waals surface area contributed by atoms with E-state index in [4.69, 9.17) is 9.47 Å². The number of fused-ring (bicyclic) bond motifs is 1. The first-order valence-corrected chi connectivity index (χ1v) is 10.3. The van der Waals surface area contributed by atoms with Crippen molar-refractivity contribution in [1.29, 1.82) is 0 Å². The van der Waals surface area contributed by atoms with Crippen molar-refractivity contribution in [1.82, 2.24) is 15.3 Å². The number of pyridine rings is 2. The number of nitrogens with one attached hydrogen (secondary N) is 1. The Bertz CT molecular complexity index is 819. The molecule has 0 radical (unpaired) electrons. The minimum absolute atomic E-state index is 0.0115. The van der Waals surface area contributed by atoms with E-state index in [1.165, 1.54) is 0 Å². The molecule has 0 aromatic carbocycles. The molecule has 3 heterocycles. The summed E-state index contributed by atoms with van der Waals surface area (Å²) >= 11 is 0. The van der Waals surface area contributed by atoms with E-state index >= 15 is 0 Å². The van der Waals surface area contributed by atoms with Crippen LogP contribution in [0.5, 0.6) is 5.88 Å². The van der Waals surface area contributed by atoms with Crippen molar-refractivity contribution in [3.05, 3.63) is 24.5 Å². The number of ether oxygens (including phenoxy) is 2. The Labute approximate surface area is 173 Å². The van der Waals surface area contributed by atoms with Gasteiger partial charge in [-0.1, -0.05) is 20.8 Å². The van der Waals surface area contributed by atoms with Gasteiger partial charge in [0.2, 0.25) is 5.88 Å². The molecule has 2 aromatic heterocycles. The van der Waals surface area contributed by atoms with Crippen LogP contribution in [0, 0.1) is 5.92 Å². The van der Waals surface area contributed by atoms with Crippen LogP contribution in [-0.4, -0.2) is 47.9 Å². The number of amides is 1. The van der Waals surface area contributed by atoms with Crippen molar-refractivity contribution in [3.8, 4) is 5.88 Å². The van der Waals surface area contributed by atoms with E-state index in [-0.39, 0.29) is 12.1 Å². The van der Waals surface area contributed by atoms with Gasteiger partial charge in [0, 0.05) is 30.7 Å². The summed E-state index contributed by atoms with van der Waals surface area (Å²) < 4.78 is 10.8. The van der Waals surface area contributed by atoms with Crippen LogP contribution in [0.4, 0.5) is 10.5 Å². The van der Waals surface area contributed by atoms with E-state index in [0.29, 0.717) is 18.3 Å². The van der Waals surface area contributed by atoms with E-state index in [9.17, 15) is 4.79 Å². The molecular weight excluding hydrogens is 368 g/mol. The predicted molar refractivity (Wildman–Crippen MR) is 117 cm³/mol. The molecule has 3 rings (SSSR count). The fourth-order valence-corrected chi connectivity index (χ4v) is 3.56. The second-order valence-electron chi connectivity index (χ2n) is 8.14. The average Bonchev–Trinajstić information content (AvgIpc) is 2.66. The molecule has 0 bridgehead atoms. The third-order valence-electron chi connectivity index (χ3n) is 4.50. The molecule has 1 aliphatic rings. The second kappa shape index (κ2) is 9.76. The molecule has 7 nitrogen and oxygen atoms in total. The molecule has 7 heteroatoms. The summed E-state index contributed by atoms with van der Waals surface area (Å²) in [6.07, 6.45) is 4.10. The Balaban J connectivity index is 0.00000145. The zero-order valence-corrected chi connectivity index (χ0v) is 18.7. The third-order valence-corrected chi connectivity index (χ3v) is 4.50. The van der Waals surface area contributed by atoms with Gasteiger partial charge in [0.1, 0.15) is 11.1 Å². The van der Waals surface area contributed by atoms with Gasteiger partial charge in [-0.2, -0.15) is 0 Å². The van der Waals surface area contributed by atoms with Gasteiger partial charge in [0.25, 0.3) is 0 Å². The van der Waals surface area contributed by atoms with Crippen LogP contribution in [0.1, 0.15) is 48.0 Å². The second-order valence-corrected chi connectivity index (χ2v) is 8.14. The molecule has 29 heavy (non-hydrogen) atoms. The lowest BCUT2D eigenvalue weighted by molar-refractivity contribution is 0.0495. The highest BCUT2D eigenvalue weighted by Gasteiger charge is 2.29. The zero-order valence-electron chi connectivity index (χ0n) is 18.7. The molecule has 1 amide bonds. The molecular formula is C22H34N4O3. The lowest BCUT2D eigenvalue weighted by Crippen LogP contribution is -2.51. The topological polar surface area (TPSA) is 76.6 Å². The predicted octanol–water partition coefficient (Wildman–Crippen LogP) is 4.40. The van der Waals surface area contributed by atoms with E-state index in [0.717, 1.165) is 29.6 Å². The number of carbonyl (C=O) groups is 1. The van der Waals surface area contributed by atoms with Gasteiger partial charge >= 0.3 is 6.09 Å². The highest BCUT2D eigenvalue weighted by atomic mass is 16.6. The van der Waals surface area contributed by atoms with Crippen molar-refractivity contribution >= 4 is 22.7 Å². The van der Waals surface area contributed by atoms with E-state index in [2.05, 4.69) is 27.1 Å². The minimum atomic E-state index is -0.508. The Morgan fingerprint density at radius 1 is 1.24 bits per heavy atom. The van der Waals surface area contributed by atoms with Crippen molar-refractivity contribution in [2.75, 3.05) is 25.1 Å². The van der Waals surface area contributed by atoms with Gasteiger partial charge in [0.15, 0.2) is 0 Å². The first-order valence-electron chi connectivity index (χ1n) is 10.3. The van der Waals surface area contributed by atoms with Crippen LogP contribution in [0.2, 0.25) is 0 Å². The highest BCUT2D eigenvalue weighted by molar-refractivity contribution is 5.94. The van der Waals surface area contributed by atoms with Crippen molar-refractivity contribution in [2.45, 2.75) is 59.6 Å². The van der Waals surface area contributed by atoms with Crippen LogP contribution >= 0.6 is 0 Å². The molecule has 160 valence electrons. The zero-order chi connectivity index (χ0) is 21.6. The number of aromatic nitrogens is 2. The SMILES string of the molecule is CC.COc1ncc(N2CC(C)CC(NC(=O)OC(C)(C)C)C2)c2cccnc12. The third kappa shape index (κ3) is 5.95.